The van der Waals surface area contributed by atoms with E-state index in [-0.39, 0.29) is 12.4 Å². The highest BCUT2D eigenvalue weighted by atomic mass is 16.3. The van der Waals surface area contributed by atoms with Gasteiger partial charge in [0.05, 0.1) is 0 Å². The van der Waals surface area contributed by atoms with Gasteiger partial charge in [-0.25, -0.2) is 0 Å². The van der Waals surface area contributed by atoms with E-state index in [0.29, 0.717) is 24.6 Å². The first kappa shape index (κ1) is 14.8. The van der Waals surface area contributed by atoms with Crippen LogP contribution in [0.4, 0.5) is 0 Å². The average Bonchev–Trinajstić information content (AvgIpc) is 2.40. The van der Waals surface area contributed by atoms with Crippen LogP contribution < -0.4 is 5.32 Å². The maximum atomic E-state index is 11.8. The molecule has 0 aliphatic carbocycles. The summed E-state index contributed by atoms with van der Waals surface area (Å²) in [5.41, 5.74) is 0.709. The van der Waals surface area contributed by atoms with Gasteiger partial charge in [0, 0.05) is 43.6 Å². The average molecular weight is 250 g/mol. The Balaban J connectivity index is 2.30. The van der Waals surface area contributed by atoms with Crippen LogP contribution in [0, 0.1) is 0 Å². The lowest BCUT2D eigenvalue weighted by Crippen LogP contribution is -2.31. The van der Waals surface area contributed by atoms with Crippen molar-refractivity contribution in [1.29, 1.82) is 0 Å². The van der Waals surface area contributed by atoms with Crippen molar-refractivity contribution < 1.29 is 9.90 Å². The van der Waals surface area contributed by atoms with Crippen molar-refractivity contribution in [1.82, 2.24) is 10.3 Å². The lowest BCUT2D eigenvalue weighted by molar-refractivity contribution is 0.0981. The Bertz CT molecular complexity index is 335. The topological polar surface area (TPSA) is 62.2 Å². The van der Waals surface area contributed by atoms with Crippen LogP contribution in [0.15, 0.2) is 24.5 Å². The van der Waals surface area contributed by atoms with Gasteiger partial charge in [-0.1, -0.05) is 13.3 Å². The van der Waals surface area contributed by atoms with Gasteiger partial charge in [-0.05, 0) is 25.0 Å². The molecular weight excluding hydrogens is 228 g/mol. The second-order valence-corrected chi connectivity index (χ2v) is 4.36. The van der Waals surface area contributed by atoms with Crippen LogP contribution in [0.5, 0.6) is 0 Å². The molecule has 0 spiro atoms. The molecule has 0 fully saturated rings. The van der Waals surface area contributed by atoms with E-state index in [0.717, 1.165) is 19.3 Å². The van der Waals surface area contributed by atoms with Gasteiger partial charge >= 0.3 is 0 Å². The molecule has 1 atom stereocenters. The minimum atomic E-state index is 0.129. The van der Waals surface area contributed by atoms with Crippen LogP contribution in [0.25, 0.3) is 0 Å². The number of Topliss-reactive ketones (excluding diaryl/α,β-unsaturated/α-hetero) is 1. The number of hydrogen-bond donors (Lipinski definition) is 2. The quantitative estimate of drug-likeness (QED) is 0.656. The lowest BCUT2D eigenvalue weighted by Gasteiger charge is -2.16. The molecule has 0 radical (unpaired) electrons. The fourth-order valence-electron chi connectivity index (χ4n) is 1.92. The Labute approximate surface area is 108 Å². The first-order chi connectivity index (χ1) is 8.77. The van der Waals surface area contributed by atoms with Gasteiger partial charge in [0.2, 0.25) is 0 Å². The Morgan fingerprint density at radius 2 is 2.11 bits per heavy atom. The number of carbonyl (C=O) groups is 1. The maximum Gasteiger partial charge on any atom is 0.164 e. The molecule has 18 heavy (non-hydrogen) atoms. The number of aliphatic hydroxyl groups is 1. The molecule has 4 heteroatoms. The van der Waals surface area contributed by atoms with E-state index in [1.807, 2.05) is 0 Å². The maximum absolute atomic E-state index is 11.8. The van der Waals surface area contributed by atoms with Crippen molar-refractivity contribution in [2.75, 3.05) is 13.2 Å². The fraction of sp³-hybridized carbons (Fsp3) is 0.571. The molecule has 1 unspecified atom stereocenters. The van der Waals surface area contributed by atoms with Crippen LogP contribution in [0.3, 0.4) is 0 Å². The van der Waals surface area contributed by atoms with Crippen LogP contribution >= 0.6 is 0 Å². The highest BCUT2D eigenvalue weighted by Gasteiger charge is 2.08. The summed E-state index contributed by atoms with van der Waals surface area (Å²) in [7, 11) is 0. The Kier molecular flexibility index (Phi) is 7.22. The predicted molar refractivity (Wildman–Crippen MR) is 71.6 cm³/mol. The number of hydrogen-bond acceptors (Lipinski definition) is 4. The summed E-state index contributed by atoms with van der Waals surface area (Å²) in [5, 5.41) is 12.3. The fourth-order valence-corrected chi connectivity index (χ4v) is 1.92. The molecular formula is C14H22N2O2. The zero-order chi connectivity index (χ0) is 13.2. The van der Waals surface area contributed by atoms with Gasteiger partial charge in [-0.15, -0.1) is 0 Å². The third-order valence-electron chi connectivity index (χ3n) is 2.90. The van der Waals surface area contributed by atoms with Crippen LogP contribution in [0.2, 0.25) is 0 Å². The third kappa shape index (κ3) is 5.38. The van der Waals surface area contributed by atoms with Crippen LogP contribution in [-0.4, -0.2) is 35.1 Å². The number of aliphatic hydroxyl groups excluding tert-OH is 1. The van der Waals surface area contributed by atoms with E-state index < -0.39 is 0 Å². The van der Waals surface area contributed by atoms with Crippen LogP contribution in [0.1, 0.15) is 43.0 Å². The van der Waals surface area contributed by atoms with E-state index in [1.54, 1.807) is 24.5 Å². The van der Waals surface area contributed by atoms with Crippen molar-refractivity contribution >= 4 is 5.78 Å². The summed E-state index contributed by atoms with van der Waals surface area (Å²) in [6.45, 7) is 2.97. The van der Waals surface area contributed by atoms with Gasteiger partial charge in [0.15, 0.2) is 5.78 Å². The third-order valence-corrected chi connectivity index (χ3v) is 2.90. The molecule has 0 amide bonds. The molecule has 0 saturated heterocycles. The van der Waals surface area contributed by atoms with E-state index in [2.05, 4.69) is 17.2 Å². The minimum Gasteiger partial charge on any atom is -0.396 e. The number of rotatable bonds is 9. The molecule has 1 heterocycles. The smallest absolute Gasteiger partial charge is 0.164 e. The molecule has 2 N–H and O–H groups in total. The standard InChI is InChI=1S/C14H22N2O2/c1-2-3-13(7-11-17)16-10-6-14(18)12-4-8-15-9-5-12/h4-5,8-9,13,16-17H,2-3,6-7,10-11H2,1H3. The van der Waals surface area contributed by atoms with Crippen molar-refractivity contribution in [2.45, 2.75) is 38.6 Å². The van der Waals surface area contributed by atoms with Crippen molar-refractivity contribution in [2.24, 2.45) is 0 Å². The first-order valence-corrected chi connectivity index (χ1v) is 6.55. The molecule has 0 aliphatic heterocycles. The molecule has 4 nitrogen and oxygen atoms in total. The minimum absolute atomic E-state index is 0.129. The van der Waals surface area contributed by atoms with E-state index in [9.17, 15) is 4.79 Å². The molecule has 0 bridgehead atoms. The second-order valence-electron chi connectivity index (χ2n) is 4.36. The SMILES string of the molecule is CCCC(CCO)NCCC(=O)c1ccncc1. The Morgan fingerprint density at radius 1 is 1.39 bits per heavy atom. The normalized spacial score (nSPS) is 12.3. The number of pyridine rings is 1. The van der Waals surface area contributed by atoms with E-state index in [4.69, 9.17) is 5.11 Å². The monoisotopic (exact) mass is 250 g/mol. The molecule has 100 valence electrons. The summed E-state index contributed by atoms with van der Waals surface area (Å²) in [5.74, 6) is 0.129. The highest BCUT2D eigenvalue weighted by Crippen LogP contribution is 2.03. The molecule has 0 aliphatic rings. The summed E-state index contributed by atoms with van der Waals surface area (Å²) >= 11 is 0. The zero-order valence-corrected chi connectivity index (χ0v) is 10.9. The summed E-state index contributed by atoms with van der Waals surface area (Å²) in [4.78, 5) is 15.7. The van der Waals surface area contributed by atoms with Gasteiger partial charge in [0.25, 0.3) is 0 Å². The highest BCUT2D eigenvalue weighted by molar-refractivity contribution is 5.95. The van der Waals surface area contributed by atoms with Crippen molar-refractivity contribution in [3.63, 3.8) is 0 Å². The lowest BCUT2D eigenvalue weighted by atomic mass is 10.1. The number of carbonyl (C=O) groups excluding carboxylic acids is 1. The van der Waals surface area contributed by atoms with Gasteiger partial charge in [-0.3, -0.25) is 9.78 Å². The largest absolute Gasteiger partial charge is 0.396 e. The molecule has 0 saturated carbocycles. The van der Waals surface area contributed by atoms with Crippen LogP contribution in [-0.2, 0) is 0 Å². The Morgan fingerprint density at radius 3 is 2.72 bits per heavy atom. The summed E-state index contributed by atoms with van der Waals surface area (Å²) < 4.78 is 0. The number of nitrogens with zero attached hydrogens (tertiary/aromatic N) is 1. The molecule has 1 aromatic rings. The van der Waals surface area contributed by atoms with Gasteiger partial charge in [0.1, 0.15) is 0 Å². The summed E-state index contributed by atoms with van der Waals surface area (Å²) in [6.07, 6.45) is 6.60. The molecule has 0 aromatic carbocycles. The number of ketones is 1. The first-order valence-electron chi connectivity index (χ1n) is 6.55. The van der Waals surface area contributed by atoms with Crippen molar-refractivity contribution in [3.05, 3.63) is 30.1 Å². The predicted octanol–water partition coefficient (Wildman–Crippen LogP) is 1.80. The van der Waals surface area contributed by atoms with E-state index >= 15 is 0 Å². The summed E-state index contributed by atoms with van der Waals surface area (Å²) in [6, 6.07) is 3.78. The number of nitrogens with one attached hydrogen (secondary N) is 1. The van der Waals surface area contributed by atoms with E-state index in [1.165, 1.54) is 0 Å². The zero-order valence-electron chi connectivity index (χ0n) is 10.9. The van der Waals surface area contributed by atoms with Crippen molar-refractivity contribution in [3.8, 4) is 0 Å². The number of aromatic nitrogens is 1. The Hall–Kier alpha value is -1.26. The molecule has 1 rings (SSSR count). The van der Waals surface area contributed by atoms with Gasteiger partial charge in [-0.2, -0.15) is 0 Å². The molecule has 1 aromatic heterocycles. The second kappa shape index (κ2) is 8.78. The van der Waals surface area contributed by atoms with Gasteiger partial charge < -0.3 is 10.4 Å².